The fraction of sp³-hybridized carbons (Fsp3) is 0.333. The normalized spacial score (nSPS) is 18.7. The Balaban J connectivity index is 2.00. The number of sulfonamides is 1. The van der Waals surface area contributed by atoms with Gasteiger partial charge in [-0.3, -0.25) is 0 Å². The zero-order valence-electron chi connectivity index (χ0n) is 13.7. The number of halogens is 1. The first-order valence-electron chi connectivity index (χ1n) is 7.86. The van der Waals surface area contributed by atoms with E-state index in [2.05, 4.69) is 0 Å². The molecule has 0 amide bonds. The number of methoxy groups -OCH3 is 1. The van der Waals surface area contributed by atoms with Crippen molar-refractivity contribution >= 4 is 21.6 Å². The Morgan fingerprint density at radius 3 is 2.62 bits per heavy atom. The molecular formula is C18H20ClNO3S. The van der Waals surface area contributed by atoms with Gasteiger partial charge < -0.3 is 4.74 Å². The van der Waals surface area contributed by atoms with Crippen molar-refractivity contribution in [3.05, 3.63) is 58.6 Å². The molecule has 1 aliphatic rings. The van der Waals surface area contributed by atoms with Gasteiger partial charge in [0.1, 0.15) is 5.75 Å². The second-order valence-corrected chi connectivity index (χ2v) is 8.22. The molecule has 1 fully saturated rings. The predicted octanol–water partition coefficient (Wildman–Crippen LogP) is 4.18. The maximum Gasteiger partial charge on any atom is 0.243 e. The van der Waals surface area contributed by atoms with Crippen molar-refractivity contribution in [2.45, 2.75) is 30.7 Å². The predicted molar refractivity (Wildman–Crippen MR) is 95.0 cm³/mol. The number of rotatable bonds is 4. The molecule has 0 bridgehead atoms. The van der Waals surface area contributed by atoms with Crippen LogP contribution in [-0.4, -0.2) is 26.4 Å². The molecule has 6 heteroatoms. The Bertz CT molecular complexity index is 851. The lowest BCUT2D eigenvalue weighted by atomic mass is 10.0. The third kappa shape index (κ3) is 3.04. The van der Waals surface area contributed by atoms with Gasteiger partial charge in [0.2, 0.25) is 10.0 Å². The number of aryl methyl sites for hydroxylation is 1. The number of hydrogen-bond acceptors (Lipinski definition) is 3. The minimum atomic E-state index is -3.61. The molecule has 128 valence electrons. The van der Waals surface area contributed by atoms with Crippen molar-refractivity contribution in [2.24, 2.45) is 0 Å². The zero-order chi connectivity index (χ0) is 17.3. The van der Waals surface area contributed by atoms with E-state index in [0.717, 1.165) is 24.0 Å². The van der Waals surface area contributed by atoms with Gasteiger partial charge in [-0.1, -0.05) is 35.9 Å². The molecule has 0 N–H and O–H groups in total. The van der Waals surface area contributed by atoms with Crippen molar-refractivity contribution in [1.29, 1.82) is 0 Å². The highest BCUT2D eigenvalue weighted by atomic mass is 35.5. The molecule has 0 spiro atoms. The summed E-state index contributed by atoms with van der Waals surface area (Å²) in [6, 6.07) is 12.4. The topological polar surface area (TPSA) is 46.6 Å². The van der Waals surface area contributed by atoms with Crippen molar-refractivity contribution < 1.29 is 13.2 Å². The van der Waals surface area contributed by atoms with Gasteiger partial charge in [0.15, 0.2) is 0 Å². The Labute approximate surface area is 148 Å². The molecule has 0 unspecified atom stereocenters. The monoisotopic (exact) mass is 365 g/mol. The summed E-state index contributed by atoms with van der Waals surface area (Å²) < 4.78 is 32.9. The van der Waals surface area contributed by atoms with Crippen LogP contribution < -0.4 is 4.74 Å². The van der Waals surface area contributed by atoms with Crippen LogP contribution in [0.5, 0.6) is 5.75 Å². The van der Waals surface area contributed by atoms with Gasteiger partial charge in [0.25, 0.3) is 0 Å². The second-order valence-electron chi connectivity index (χ2n) is 5.93. The van der Waals surface area contributed by atoms with Gasteiger partial charge in [0, 0.05) is 6.54 Å². The molecule has 2 aromatic carbocycles. The van der Waals surface area contributed by atoms with Crippen LogP contribution in [0.4, 0.5) is 0 Å². The fourth-order valence-corrected chi connectivity index (χ4v) is 5.27. The Kier molecular flexibility index (Phi) is 4.85. The highest BCUT2D eigenvalue weighted by Crippen LogP contribution is 2.38. The molecule has 0 aliphatic carbocycles. The van der Waals surface area contributed by atoms with Crippen molar-refractivity contribution in [3.63, 3.8) is 0 Å². The summed E-state index contributed by atoms with van der Waals surface area (Å²) in [5.41, 5.74) is 2.18. The lowest BCUT2D eigenvalue weighted by Gasteiger charge is -2.25. The lowest BCUT2D eigenvalue weighted by Crippen LogP contribution is -2.31. The largest absolute Gasteiger partial charge is 0.495 e. The zero-order valence-corrected chi connectivity index (χ0v) is 15.3. The lowest BCUT2D eigenvalue weighted by molar-refractivity contribution is 0.395. The summed E-state index contributed by atoms with van der Waals surface area (Å²) >= 11 is 6.11. The molecule has 2 aromatic rings. The highest BCUT2D eigenvalue weighted by Gasteiger charge is 2.36. The SMILES string of the molecule is COc1ccc(S(=O)(=O)N2CCC[C@H]2c2ccccc2C)cc1Cl. The molecule has 0 radical (unpaired) electrons. The number of benzene rings is 2. The van der Waals surface area contributed by atoms with Gasteiger partial charge in [0.05, 0.1) is 23.1 Å². The second kappa shape index (κ2) is 6.75. The first kappa shape index (κ1) is 17.3. The summed E-state index contributed by atoms with van der Waals surface area (Å²) in [5, 5.41) is 0.296. The molecule has 0 aromatic heterocycles. The number of nitrogens with zero attached hydrogens (tertiary/aromatic N) is 1. The van der Waals surface area contributed by atoms with Crippen LogP contribution in [0.15, 0.2) is 47.4 Å². The van der Waals surface area contributed by atoms with Crippen LogP contribution in [0.2, 0.25) is 5.02 Å². The summed E-state index contributed by atoms with van der Waals surface area (Å²) in [5.74, 6) is 0.465. The van der Waals surface area contributed by atoms with E-state index in [1.807, 2.05) is 31.2 Å². The van der Waals surface area contributed by atoms with Gasteiger partial charge in [-0.15, -0.1) is 0 Å². The first-order valence-corrected chi connectivity index (χ1v) is 9.68. The summed E-state index contributed by atoms with van der Waals surface area (Å²) in [6.07, 6.45) is 1.68. The third-order valence-corrected chi connectivity index (χ3v) is 6.68. The van der Waals surface area contributed by atoms with Crippen molar-refractivity contribution in [2.75, 3.05) is 13.7 Å². The van der Waals surface area contributed by atoms with E-state index in [0.29, 0.717) is 17.3 Å². The highest BCUT2D eigenvalue weighted by molar-refractivity contribution is 7.89. The van der Waals surface area contributed by atoms with E-state index in [1.54, 1.807) is 16.4 Å². The quantitative estimate of drug-likeness (QED) is 0.816. The fourth-order valence-electron chi connectivity index (χ4n) is 3.24. The standard InChI is InChI=1S/C18H20ClNO3S/c1-13-6-3-4-7-15(13)17-8-5-11-20(17)24(21,22)14-9-10-18(23-2)16(19)12-14/h3-4,6-7,9-10,12,17H,5,8,11H2,1-2H3/t17-/m0/s1. The van der Waals surface area contributed by atoms with Gasteiger partial charge >= 0.3 is 0 Å². The molecule has 1 saturated heterocycles. The summed E-state index contributed by atoms with van der Waals surface area (Å²) in [6.45, 7) is 2.54. The van der Waals surface area contributed by atoms with E-state index in [-0.39, 0.29) is 10.9 Å². The van der Waals surface area contributed by atoms with Crippen LogP contribution >= 0.6 is 11.6 Å². The molecule has 1 atom stereocenters. The van der Waals surface area contributed by atoms with Gasteiger partial charge in [-0.25, -0.2) is 8.42 Å². The summed E-state index contributed by atoms with van der Waals surface area (Å²) in [7, 11) is -2.10. The Morgan fingerprint density at radius 2 is 1.96 bits per heavy atom. The molecule has 24 heavy (non-hydrogen) atoms. The number of ether oxygens (including phenoxy) is 1. The molecule has 0 saturated carbocycles. The van der Waals surface area contributed by atoms with E-state index < -0.39 is 10.0 Å². The first-order chi connectivity index (χ1) is 11.4. The summed E-state index contributed by atoms with van der Waals surface area (Å²) in [4.78, 5) is 0.203. The van der Waals surface area contributed by atoms with E-state index in [1.165, 1.54) is 13.2 Å². The maximum absolute atomic E-state index is 13.1. The molecule has 1 heterocycles. The van der Waals surface area contributed by atoms with Crippen LogP contribution in [-0.2, 0) is 10.0 Å². The van der Waals surface area contributed by atoms with Crippen LogP contribution in [0.1, 0.15) is 30.0 Å². The van der Waals surface area contributed by atoms with Crippen LogP contribution in [0.3, 0.4) is 0 Å². The third-order valence-electron chi connectivity index (χ3n) is 4.48. The van der Waals surface area contributed by atoms with Crippen molar-refractivity contribution in [3.8, 4) is 5.75 Å². The average molecular weight is 366 g/mol. The average Bonchev–Trinajstić information content (AvgIpc) is 3.05. The van der Waals surface area contributed by atoms with E-state index >= 15 is 0 Å². The Hall–Kier alpha value is -1.56. The molecule has 1 aliphatic heterocycles. The number of hydrogen-bond donors (Lipinski definition) is 0. The van der Waals surface area contributed by atoms with E-state index in [9.17, 15) is 8.42 Å². The minimum Gasteiger partial charge on any atom is -0.495 e. The molecular weight excluding hydrogens is 346 g/mol. The van der Waals surface area contributed by atoms with Crippen LogP contribution in [0.25, 0.3) is 0 Å². The molecule has 3 rings (SSSR count). The van der Waals surface area contributed by atoms with Crippen molar-refractivity contribution in [1.82, 2.24) is 4.31 Å². The van der Waals surface area contributed by atoms with Gasteiger partial charge in [-0.2, -0.15) is 4.31 Å². The Morgan fingerprint density at radius 1 is 1.21 bits per heavy atom. The maximum atomic E-state index is 13.1. The van der Waals surface area contributed by atoms with E-state index in [4.69, 9.17) is 16.3 Å². The van der Waals surface area contributed by atoms with Crippen LogP contribution in [0, 0.1) is 6.92 Å². The smallest absolute Gasteiger partial charge is 0.243 e. The van der Waals surface area contributed by atoms with Gasteiger partial charge in [-0.05, 0) is 49.1 Å². The minimum absolute atomic E-state index is 0.128. The molecule has 4 nitrogen and oxygen atoms in total.